The van der Waals surface area contributed by atoms with Crippen molar-refractivity contribution in [1.29, 1.82) is 0 Å². The number of H-pyrrole nitrogens is 1. The van der Waals surface area contributed by atoms with E-state index in [1.54, 1.807) is 12.1 Å². The van der Waals surface area contributed by atoms with E-state index in [9.17, 15) is 13.2 Å². The van der Waals surface area contributed by atoms with Crippen LogP contribution < -0.4 is 10.3 Å². The summed E-state index contributed by atoms with van der Waals surface area (Å²) in [6.45, 7) is 5.98. The molecule has 7 heteroatoms. The minimum Gasteiger partial charge on any atom is -0.497 e. The molecule has 0 bridgehead atoms. The van der Waals surface area contributed by atoms with E-state index >= 15 is 0 Å². The van der Waals surface area contributed by atoms with Crippen LogP contribution in [0, 0.1) is 20.8 Å². The van der Waals surface area contributed by atoms with Crippen LogP contribution in [0.4, 0.5) is 0 Å². The number of fused-ring (bicyclic) bond motifs is 1. The average Bonchev–Trinajstić information content (AvgIpc) is 2.83. The van der Waals surface area contributed by atoms with E-state index in [4.69, 9.17) is 4.74 Å². The van der Waals surface area contributed by atoms with Crippen LogP contribution in [-0.4, -0.2) is 24.8 Å². The third-order valence-corrected chi connectivity index (χ3v) is 7.85. The summed E-state index contributed by atoms with van der Waals surface area (Å²) in [6, 6.07) is 19.8. The van der Waals surface area contributed by atoms with Crippen molar-refractivity contribution in [2.75, 3.05) is 7.11 Å². The molecule has 0 radical (unpaired) electrons. The molecule has 0 unspecified atom stereocenters. The number of aryl methyl sites for hydroxylation is 3. The summed E-state index contributed by atoms with van der Waals surface area (Å²) >= 11 is 0. The van der Waals surface area contributed by atoms with Gasteiger partial charge >= 0.3 is 0 Å². The van der Waals surface area contributed by atoms with Gasteiger partial charge in [0.25, 0.3) is 5.56 Å². The zero-order chi connectivity index (χ0) is 24.5. The molecule has 1 heterocycles. The van der Waals surface area contributed by atoms with E-state index in [0.29, 0.717) is 11.3 Å². The molecule has 0 fully saturated rings. The molecule has 4 aromatic rings. The maximum absolute atomic E-state index is 13.7. The van der Waals surface area contributed by atoms with Gasteiger partial charge < -0.3 is 9.72 Å². The first-order valence-corrected chi connectivity index (χ1v) is 12.4. The van der Waals surface area contributed by atoms with E-state index in [-0.39, 0.29) is 23.5 Å². The first-order valence-electron chi connectivity index (χ1n) is 11.0. The molecule has 3 aromatic carbocycles. The van der Waals surface area contributed by atoms with Gasteiger partial charge in [0, 0.05) is 24.0 Å². The molecule has 0 aliphatic heterocycles. The number of aromatic amines is 1. The molecule has 4 rings (SSSR count). The molecule has 1 aromatic heterocycles. The van der Waals surface area contributed by atoms with E-state index in [1.807, 2.05) is 63.2 Å². The maximum atomic E-state index is 13.7. The zero-order valence-electron chi connectivity index (χ0n) is 19.8. The van der Waals surface area contributed by atoms with Crippen LogP contribution in [0.25, 0.3) is 10.9 Å². The Morgan fingerprint density at radius 3 is 2.15 bits per heavy atom. The number of aromatic nitrogens is 1. The Hall–Kier alpha value is -3.42. The monoisotopic (exact) mass is 476 g/mol. The highest BCUT2D eigenvalue weighted by molar-refractivity contribution is 7.89. The van der Waals surface area contributed by atoms with Gasteiger partial charge in [0.2, 0.25) is 10.0 Å². The lowest BCUT2D eigenvalue weighted by atomic mass is 10.0. The second kappa shape index (κ2) is 9.44. The van der Waals surface area contributed by atoms with Crippen LogP contribution in [0.5, 0.6) is 5.75 Å². The molecule has 0 amide bonds. The summed E-state index contributed by atoms with van der Waals surface area (Å²) in [5.74, 6) is 0.570. The van der Waals surface area contributed by atoms with E-state index in [2.05, 4.69) is 4.98 Å². The van der Waals surface area contributed by atoms with Gasteiger partial charge in [-0.2, -0.15) is 4.31 Å². The summed E-state index contributed by atoms with van der Waals surface area (Å²) < 4.78 is 33.9. The average molecular weight is 477 g/mol. The molecular formula is C27H28N2O4S. The number of nitrogens with one attached hydrogen (secondary N) is 1. The Labute approximate surface area is 199 Å². The zero-order valence-corrected chi connectivity index (χ0v) is 20.6. The Bertz CT molecular complexity index is 1490. The van der Waals surface area contributed by atoms with Crippen LogP contribution in [0.3, 0.4) is 0 Å². The molecular weight excluding hydrogens is 448 g/mol. The predicted octanol–water partition coefficient (Wildman–Crippen LogP) is 4.85. The van der Waals surface area contributed by atoms with E-state index < -0.39 is 10.0 Å². The van der Waals surface area contributed by atoms with Crippen LogP contribution >= 0.6 is 0 Å². The van der Waals surface area contributed by atoms with Gasteiger partial charge in [-0.3, -0.25) is 4.79 Å². The minimum atomic E-state index is -3.90. The molecule has 0 saturated carbocycles. The van der Waals surface area contributed by atoms with Crippen molar-refractivity contribution in [1.82, 2.24) is 9.29 Å². The Morgan fingerprint density at radius 1 is 0.853 bits per heavy atom. The molecule has 0 atom stereocenters. The number of pyridine rings is 1. The highest BCUT2D eigenvalue weighted by atomic mass is 32.2. The van der Waals surface area contributed by atoms with Crippen LogP contribution in [-0.2, 0) is 23.1 Å². The quantitative estimate of drug-likeness (QED) is 0.413. The fourth-order valence-electron chi connectivity index (χ4n) is 3.95. The number of methoxy groups -OCH3 is 1. The first kappa shape index (κ1) is 23.7. The van der Waals surface area contributed by atoms with Gasteiger partial charge in [-0.15, -0.1) is 0 Å². The minimum absolute atomic E-state index is 0.0547. The Balaban J connectivity index is 1.79. The van der Waals surface area contributed by atoms with Crippen molar-refractivity contribution >= 4 is 20.9 Å². The first-order chi connectivity index (χ1) is 16.2. The SMILES string of the molecule is COc1ccc(S(=O)(=O)N(Cc2ccc(C)cc2)Cc2cc3c(C)ccc(C)c3[nH]c2=O)cc1. The van der Waals surface area contributed by atoms with Gasteiger partial charge in [0.15, 0.2) is 0 Å². The number of sulfonamides is 1. The topological polar surface area (TPSA) is 79.5 Å². The number of hydrogen-bond acceptors (Lipinski definition) is 4. The third kappa shape index (κ3) is 4.76. The number of nitrogens with zero attached hydrogens (tertiary/aromatic N) is 1. The van der Waals surface area contributed by atoms with Crippen molar-refractivity contribution in [3.8, 4) is 5.75 Å². The van der Waals surface area contributed by atoms with Gasteiger partial charge in [0.05, 0.1) is 17.5 Å². The maximum Gasteiger partial charge on any atom is 0.252 e. The second-order valence-corrected chi connectivity index (χ2v) is 10.5. The second-order valence-electron chi connectivity index (χ2n) is 8.55. The lowest BCUT2D eigenvalue weighted by Crippen LogP contribution is -2.32. The van der Waals surface area contributed by atoms with E-state index in [0.717, 1.165) is 33.2 Å². The largest absolute Gasteiger partial charge is 0.497 e. The van der Waals surface area contributed by atoms with Crippen molar-refractivity contribution in [3.63, 3.8) is 0 Å². The van der Waals surface area contributed by atoms with Crippen molar-refractivity contribution in [2.45, 2.75) is 38.8 Å². The van der Waals surface area contributed by atoms with Crippen molar-refractivity contribution < 1.29 is 13.2 Å². The van der Waals surface area contributed by atoms with Crippen LogP contribution in [0.1, 0.15) is 27.8 Å². The van der Waals surface area contributed by atoms with Crippen LogP contribution in [0.15, 0.2) is 76.4 Å². The summed E-state index contributed by atoms with van der Waals surface area (Å²) in [6.07, 6.45) is 0. The molecule has 176 valence electrons. The normalized spacial score (nSPS) is 11.8. The van der Waals surface area contributed by atoms with E-state index in [1.165, 1.54) is 23.5 Å². The van der Waals surface area contributed by atoms with Crippen molar-refractivity contribution in [2.24, 2.45) is 0 Å². The molecule has 0 aliphatic carbocycles. The van der Waals surface area contributed by atoms with Gasteiger partial charge in [-0.05, 0) is 67.8 Å². The lowest BCUT2D eigenvalue weighted by molar-refractivity contribution is 0.399. The standard InChI is InChI=1S/C27H28N2O4S/c1-18-5-9-21(10-6-18)16-29(34(31,32)24-13-11-23(33-4)12-14-24)17-22-15-25-19(2)7-8-20(3)26(25)28-27(22)30/h5-15H,16-17H2,1-4H3,(H,28,30). The molecule has 0 spiro atoms. The van der Waals surface area contributed by atoms with Gasteiger partial charge in [-0.1, -0.05) is 42.0 Å². The highest BCUT2D eigenvalue weighted by Gasteiger charge is 2.26. The molecule has 6 nitrogen and oxygen atoms in total. The predicted molar refractivity (Wildman–Crippen MR) is 135 cm³/mol. The summed E-state index contributed by atoms with van der Waals surface area (Å²) in [5, 5.41) is 0.909. The number of benzene rings is 3. The summed E-state index contributed by atoms with van der Waals surface area (Å²) in [5.41, 5.74) is 4.78. The molecule has 0 saturated heterocycles. The molecule has 34 heavy (non-hydrogen) atoms. The highest BCUT2D eigenvalue weighted by Crippen LogP contribution is 2.25. The Morgan fingerprint density at radius 2 is 1.50 bits per heavy atom. The fourth-order valence-corrected chi connectivity index (χ4v) is 5.35. The Kier molecular flexibility index (Phi) is 6.59. The van der Waals surface area contributed by atoms with Gasteiger partial charge in [-0.25, -0.2) is 8.42 Å². The fraction of sp³-hybridized carbons (Fsp3) is 0.222. The van der Waals surface area contributed by atoms with Crippen LogP contribution in [0.2, 0.25) is 0 Å². The lowest BCUT2D eigenvalue weighted by Gasteiger charge is -2.23. The number of ether oxygens (including phenoxy) is 1. The summed E-state index contributed by atoms with van der Waals surface area (Å²) in [7, 11) is -2.37. The number of rotatable bonds is 7. The smallest absolute Gasteiger partial charge is 0.252 e. The summed E-state index contributed by atoms with van der Waals surface area (Å²) in [4.78, 5) is 16.1. The molecule has 0 aliphatic rings. The van der Waals surface area contributed by atoms with Crippen molar-refractivity contribution in [3.05, 3.63) is 105 Å². The van der Waals surface area contributed by atoms with Gasteiger partial charge in [0.1, 0.15) is 5.75 Å². The number of hydrogen-bond donors (Lipinski definition) is 1. The molecule has 1 N–H and O–H groups in total. The third-order valence-electron chi connectivity index (χ3n) is 6.04.